The Hall–Kier alpha value is -1.85. The Morgan fingerprint density at radius 1 is 1.53 bits per heavy atom. The predicted molar refractivity (Wildman–Crippen MR) is 114 cm³/mol. The van der Waals surface area contributed by atoms with Crippen LogP contribution in [0.1, 0.15) is 27.7 Å². The Bertz CT molecular complexity index is 854. The first-order chi connectivity index (χ1) is 14.7. The lowest BCUT2D eigenvalue weighted by Crippen LogP contribution is -2.45. The molecule has 182 valence electrons. The quantitative estimate of drug-likeness (QED) is 0.333. The average molecular weight is 480 g/mol. The minimum atomic E-state index is -3.58. The lowest BCUT2D eigenvalue weighted by molar-refractivity contribution is -0.149. The smallest absolute Gasteiger partial charge is 0.323 e. The number of amidine groups is 1. The van der Waals surface area contributed by atoms with Crippen molar-refractivity contribution in [2.45, 2.75) is 58.3 Å². The normalized spacial score (nSPS) is 31.2. The highest BCUT2D eigenvalue weighted by Gasteiger charge is 2.57. The molecule has 6 atom stereocenters. The average Bonchev–Trinajstić information content (AvgIpc) is 2.93. The van der Waals surface area contributed by atoms with E-state index in [-0.39, 0.29) is 11.9 Å². The summed E-state index contributed by atoms with van der Waals surface area (Å²) >= 11 is 0. The van der Waals surface area contributed by atoms with E-state index >= 15 is 4.39 Å². The molecule has 1 fully saturated rings. The number of carbonyl (C=O) groups is 1. The molecule has 2 aliphatic heterocycles. The number of alkyl halides is 1. The number of rotatable bonds is 9. The maximum absolute atomic E-state index is 15.6. The van der Waals surface area contributed by atoms with E-state index in [1.807, 2.05) is 0 Å². The number of aliphatic imine (C=N–C) groups is 1. The van der Waals surface area contributed by atoms with Crippen LogP contribution in [0, 0.1) is 5.41 Å². The molecule has 4 N–H and O–H groups in total. The number of aliphatic hydroxyl groups is 1. The molecule has 10 nitrogen and oxygen atoms in total. The van der Waals surface area contributed by atoms with Crippen molar-refractivity contribution in [3.05, 3.63) is 24.4 Å². The van der Waals surface area contributed by atoms with Crippen LogP contribution in [0.4, 0.5) is 8.78 Å². The summed E-state index contributed by atoms with van der Waals surface area (Å²) in [6.07, 6.45) is -3.70. The molecule has 2 rings (SSSR count). The maximum Gasteiger partial charge on any atom is 0.323 e. The van der Waals surface area contributed by atoms with Gasteiger partial charge in [-0.3, -0.25) is 9.36 Å². The number of aliphatic hydroxyl groups excluding tert-OH is 1. The number of esters is 1. The van der Waals surface area contributed by atoms with Gasteiger partial charge in [-0.25, -0.2) is 18.9 Å². The van der Waals surface area contributed by atoms with E-state index in [9.17, 15) is 18.9 Å². The predicted octanol–water partition coefficient (Wildman–Crippen LogP) is 1.77. The second kappa shape index (κ2) is 9.96. The molecule has 13 heteroatoms. The Balaban J connectivity index is 2.12. The lowest BCUT2D eigenvalue weighted by atomic mass is 9.82. The summed E-state index contributed by atoms with van der Waals surface area (Å²) in [4.78, 5) is 16.7. The molecule has 0 aromatic rings. The monoisotopic (exact) mass is 480 g/mol. The van der Waals surface area contributed by atoms with Gasteiger partial charge in [-0.05, 0) is 20.8 Å². The highest BCUT2D eigenvalue weighted by atomic mass is 31.2. The minimum absolute atomic E-state index is 0.0428. The Kier molecular flexibility index (Phi) is 8.22. The standard InChI is InChI=1S/C19H31F2N4O6P/c1-10(2)30-18(27)11(3)24-32(6,28)29-9-19(5)14(8-26)31-17(15(19)21)25-7-13(20)16(22)23-12(25)4/h7,10-11,14-15,17,26H,4,8-9H2,1-3,5-6H3,(H2,22,23)(H,24,28)/t11-,14+,15?,17-,19-,32?/m0/s1. The van der Waals surface area contributed by atoms with Crippen LogP contribution in [-0.4, -0.2) is 72.3 Å². The van der Waals surface area contributed by atoms with Gasteiger partial charge < -0.3 is 29.7 Å². The van der Waals surface area contributed by atoms with Gasteiger partial charge in [0.25, 0.3) is 7.52 Å². The fourth-order valence-corrected chi connectivity index (χ4v) is 4.71. The van der Waals surface area contributed by atoms with Gasteiger partial charge in [-0.15, -0.1) is 0 Å². The molecule has 0 radical (unpaired) electrons. The number of carbonyl (C=O) groups excluding carboxylic acids is 1. The first kappa shape index (κ1) is 26.4. The number of ether oxygens (including phenoxy) is 2. The Labute approximate surface area is 186 Å². The fraction of sp³-hybridized carbons (Fsp3) is 0.684. The molecular formula is C19H31F2N4O6P. The van der Waals surface area contributed by atoms with E-state index in [0.717, 1.165) is 11.1 Å². The molecule has 32 heavy (non-hydrogen) atoms. The van der Waals surface area contributed by atoms with Crippen LogP contribution in [-0.2, 0) is 23.4 Å². The zero-order valence-electron chi connectivity index (χ0n) is 18.7. The summed E-state index contributed by atoms with van der Waals surface area (Å²) in [7, 11) is -3.58. The highest BCUT2D eigenvalue weighted by molar-refractivity contribution is 7.56. The lowest BCUT2D eigenvalue weighted by Gasteiger charge is -2.33. The highest BCUT2D eigenvalue weighted by Crippen LogP contribution is 2.48. The minimum Gasteiger partial charge on any atom is -0.462 e. The van der Waals surface area contributed by atoms with E-state index in [1.54, 1.807) is 13.8 Å². The topological polar surface area (TPSA) is 136 Å². The Morgan fingerprint density at radius 2 is 2.16 bits per heavy atom. The molecule has 0 aliphatic carbocycles. The van der Waals surface area contributed by atoms with Crippen LogP contribution < -0.4 is 10.8 Å². The molecule has 0 amide bonds. The van der Waals surface area contributed by atoms with Gasteiger partial charge in [0.15, 0.2) is 24.1 Å². The Morgan fingerprint density at radius 3 is 2.72 bits per heavy atom. The van der Waals surface area contributed by atoms with Crippen molar-refractivity contribution in [1.29, 1.82) is 0 Å². The molecule has 0 aromatic heterocycles. The number of hydrogen-bond donors (Lipinski definition) is 3. The van der Waals surface area contributed by atoms with E-state index < -0.39 is 68.3 Å². The van der Waals surface area contributed by atoms with Gasteiger partial charge in [0.05, 0.1) is 30.8 Å². The fourth-order valence-electron chi connectivity index (χ4n) is 3.30. The van der Waals surface area contributed by atoms with Crippen molar-refractivity contribution in [3.8, 4) is 0 Å². The van der Waals surface area contributed by atoms with Crippen LogP contribution in [0.5, 0.6) is 0 Å². The van der Waals surface area contributed by atoms with Crippen molar-refractivity contribution in [1.82, 2.24) is 9.99 Å². The van der Waals surface area contributed by atoms with Gasteiger partial charge in [0, 0.05) is 12.9 Å². The third-order valence-electron chi connectivity index (χ3n) is 5.16. The SMILES string of the molecule is C=C1N=C(N)C(F)=CN1[C@H]1O[C@H](CO)[C@](C)(COP(C)(=O)N[C@@H](C)C(=O)OC(C)C)C1F. The van der Waals surface area contributed by atoms with Crippen molar-refractivity contribution >= 4 is 19.3 Å². The van der Waals surface area contributed by atoms with E-state index in [0.29, 0.717) is 0 Å². The summed E-state index contributed by atoms with van der Waals surface area (Å²) in [5.41, 5.74) is 3.94. The van der Waals surface area contributed by atoms with Crippen molar-refractivity contribution in [2.75, 3.05) is 19.9 Å². The number of nitrogens with two attached hydrogens (primary N) is 1. The maximum atomic E-state index is 15.6. The van der Waals surface area contributed by atoms with Crippen LogP contribution >= 0.6 is 7.52 Å². The number of nitrogens with one attached hydrogen (secondary N) is 1. The zero-order chi connectivity index (χ0) is 24.4. The first-order valence-corrected chi connectivity index (χ1v) is 12.1. The van der Waals surface area contributed by atoms with E-state index in [2.05, 4.69) is 16.7 Å². The van der Waals surface area contributed by atoms with Crippen LogP contribution in [0.25, 0.3) is 0 Å². The summed E-state index contributed by atoms with van der Waals surface area (Å²) in [5, 5.41) is 12.3. The van der Waals surface area contributed by atoms with Crippen molar-refractivity contribution in [2.24, 2.45) is 16.1 Å². The molecule has 2 aliphatic rings. The van der Waals surface area contributed by atoms with E-state index in [1.165, 1.54) is 20.5 Å². The first-order valence-electron chi connectivity index (χ1n) is 10.0. The van der Waals surface area contributed by atoms with Crippen molar-refractivity contribution < 1.29 is 37.2 Å². The molecule has 0 saturated carbocycles. The number of halogens is 2. The van der Waals surface area contributed by atoms with E-state index in [4.69, 9.17) is 19.7 Å². The van der Waals surface area contributed by atoms with Crippen LogP contribution in [0.2, 0.25) is 0 Å². The molecule has 0 spiro atoms. The molecular weight excluding hydrogens is 449 g/mol. The van der Waals surface area contributed by atoms with Gasteiger partial charge in [-0.1, -0.05) is 13.5 Å². The van der Waals surface area contributed by atoms with Gasteiger partial charge in [0.1, 0.15) is 11.9 Å². The molecule has 2 heterocycles. The molecule has 1 saturated heterocycles. The number of nitrogens with zero attached hydrogens (tertiary/aromatic N) is 2. The summed E-state index contributed by atoms with van der Waals surface area (Å²) in [5.74, 6) is -1.94. The molecule has 0 aromatic carbocycles. The second-order valence-corrected chi connectivity index (χ2v) is 10.6. The van der Waals surface area contributed by atoms with Crippen LogP contribution in [0.3, 0.4) is 0 Å². The number of hydrogen-bond acceptors (Lipinski definition) is 9. The third-order valence-corrected chi connectivity index (χ3v) is 6.64. The largest absolute Gasteiger partial charge is 0.462 e. The summed E-state index contributed by atoms with van der Waals surface area (Å²) in [6.45, 7) is 10.1. The molecule has 0 bridgehead atoms. The van der Waals surface area contributed by atoms with Gasteiger partial charge in [-0.2, -0.15) is 0 Å². The second-order valence-electron chi connectivity index (χ2n) is 8.36. The van der Waals surface area contributed by atoms with Crippen molar-refractivity contribution in [3.63, 3.8) is 0 Å². The third kappa shape index (κ3) is 5.74. The summed E-state index contributed by atoms with van der Waals surface area (Å²) in [6, 6.07) is -0.934. The zero-order valence-corrected chi connectivity index (χ0v) is 19.6. The van der Waals surface area contributed by atoms with Gasteiger partial charge in [0.2, 0.25) is 0 Å². The molecule has 2 unspecified atom stereocenters. The van der Waals surface area contributed by atoms with Crippen LogP contribution in [0.15, 0.2) is 29.4 Å². The summed E-state index contributed by atoms with van der Waals surface area (Å²) < 4.78 is 58.5. The van der Waals surface area contributed by atoms with Gasteiger partial charge >= 0.3 is 5.97 Å².